The van der Waals surface area contributed by atoms with Crippen molar-refractivity contribution in [1.29, 1.82) is 0 Å². The second kappa shape index (κ2) is 13.2. The number of ether oxygens (including phenoxy) is 1. The van der Waals surface area contributed by atoms with Crippen LogP contribution < -0.4 is 10.6 Å². The van der Waals surface area contributed by atoms with Crippen LogP contribution in [0, 0.1) is 5.82 Å². The van der Waals surface area contributed by atoms with E-state index in [1.54, 1.807) is 7.05 Å². The van der Waals surface area contributed by atoms with Crippen LogP contribution in [0.2, 0.25) is 0 Å². The fourth-order valence-corrected chi connectivity index (χ4v) is 4.52. The Morgan fingerprint density at radius 1 is 1.03 bits per heavy atom. The van der Waals surface area contributed by atoms with E-state index in [1.165, 1.54) is 23.3 Å². The summed E-state index contributed by atoms with van der Waals surface area (Å²) in [6.45, 7) is 7.79. The van der Waals surface area contributed by atoms with Gasteiger partial charge in [0.05, 0.1) is 19.3 Å². The van der Waals surface area contributed by atoms with Crippen molar-refractivity contribution in [2.75, 3.05) is 59.5 Å². The number of rotatable bonds is 7. The highest BCUT2D eigenvalue weighted by Gasteiger charge is 2.23. The van der Waals surface area contributed by atoms with Gasteiger partial charge < -0.3 is 15.4 Å². The lowest BCUT2D eigenvalue weighted by atomic mass is 10.00. The van der Waals surface area contributed by atoms with E-state index in [4.69, 9.17) is 4.74 Å². The molecule has 2 aliphatic rings. The summed E-state index contributed by atoms with van der Waals surface area (Å²) >= 11 is 0. The van der Waals surface area contributed by atoms with Gasteiger partial charge in [0.2, 0.25) is 0 Å². The molecular weight excluding hydrogens is 532 g/mol. The normalized spacial score (nSPS) is 18.2. The first kappa shape index (κ1) is 25.9. The quantitative estimate of drug-likeness (QED) is 0.306. The number of nitrogens with zero attached hydrogens (tertiary/aromatic N) is 3. The highest BCUT2D eigenvalue weighted by Crippen LogP contribution is 2.22. The van der Waals surface area contributed by atoms with Crippen molar-refractivity contribution in [3.63, 3.8) is 0 Å². The first-order chi connectivity index (χ1) is 15.7. The van der Waals surface area contributed by atoms with Crippen molar-refractivity contribution in [3.05, 3.63) is 71.0 Å². The molecule has 0 aliphatic carbocycles. The third-order valence-electron chi connectivity index (χ3n) is 6.36. The van der Waals surface area contributed by atoms with Gasteiger partial charge in [-0.3, -0.25) is 14.8 Å². The first-order valence-corrected chi connectivity index (χ1v) is 11.5. The van der Waals surface area contributed by atoms with E-state index in [-0.39, 0.29) is 35.8 Å². The lowest BCUT2D eigenvalue weighted by molar-refractivity contribution is 0.0170. The zero-order chi connectivity index (χ0) is 22.2. The lowest BCUT2D eigenvalue weighted by Crippen LogP contribution is -2.47. The van der Waals surface area contributed by atoms with Crippen LogP contribution in [0.4, 0.5) is 4.39 Å². The van der Waals surface area contributed by atoms with Gasteiger partial charge in [0, 0.05) is 52.9 Å². The Morgan fingerprint density at radius 3 is 2.48 bits per heavy atom. The van der Waals surface area contributed by atoms with Crippen LogP contribution >= 0.6 is 24.0 Å². The zero-order valence-electron chi connectivity index (χ0n) is 19.3. The van der Waals surface area contributed by atoms with Gasteiger partial charge in [-0.1, -0.05) is 36.4 Å². The number of aliphatic imine (C=N–C) groups is 1. The van der Waals surface area contributed by atoms with E-state index in [9.17, 15) is 4.39 Å². The van der Waals surface area contributed by atoms with Gasteiger partial charge >= 0.3 is 0 Å². The van der Waals surface area contributed by atoms with Crippen LogP contribution in [0.3, 0.4) is 0 Å². The highest BCUT2D eigenvalue weighted by atomic mass is 127. The summed E-state index contributed by atoms with van der Waals surface area (Å²) in [5.41, 5.74) is 4.02. The average molecular weight is 567 g/mol. The Bertz CT molecular complexity index is 889. The number of nitrogens with one attached hydrogen (secondary N) is 2. The number of morpholine rings is 1. The molecule has 180 valence electrons. The minimum atomic E-state index is -0.208. The number of hydrogen-bond acceptors (Lipinski definition) is 4. The monoisotopic (exact) mass is 567 g/mol. The summed E-state index contributed by atoms with van der Waals surface area (Å²) in [4.78, 5) is 9.28. The van der Waals surface area contributed by atoms with Crippen LogP contribution in [-0.2, 0) is 17.7 Å². The summed E-state index contributed by atoms with van der Waals surface area (Å²) in [5.74, 6) is 0.586. The van der Waals surface area contributed by atoms with Crippen molar-refractivity contribution < 1.29 is 9.13 Å². The molecule has 0 amide bonds. The molecule has 0 spiro atoms. The third-order valence-corrected chi connectivity index (χ3v) is 6.36. The third kappa shape index (κ3) is 7.37. The Morgan fingerprint density at radius 2 is 1.76 bits per heavy atom. The minimum Gasteiger partial charge on any atom is -0.379 e. The molecular formula is C25H35FIN5O. The molecule has 4 rings (SSSR count). The molecule has 33 heavy (non-hydrogen) atoms. The molecule has 1 unspecified atom stereocenters. The summed E-state index contributed by atoms with van der Waals surface area (Å²) in [7, 11) is 1.80. The van der Waals surface area contributed by atoms with Gasteiger partial charge in [0.15, 0.2) is 5.96 Å². The Hall–Kier alpha value is -1.75. The van der Waals surface area contributed by atoms with E-state index < -0.39 is 0 Å². The van der Waals surface area contributed by atoms with E-state index in [2.05, 4.69) is 49.7 Å². The van der Waals surface area contributed by atoms with Gasteiger partial charge in [0.1, 0.15) is 5.82 Å². The molecule has 2 aromatic rings. The maximum absolute atomic E-state index is 13.5. The smallest absolute Gasteiger partial charge is 0.191 e. The van der Waals surface area contributed by atoms with Crippen LogP contribution in [0.5, 0.6) is 0 Å². The Balaban J connectivity index is 0.00000306. The Labute approximate surface area is 213 Å². The summed E-state index contributed by atoms with van der Waals surface area (Å²) in [5, 5.41) is 6.93. The van der Waals surface area contributed by atoms with Crippen LogP contribution in [0.15, 0.2) is 53.5 Å². The average Bonchev–Trinajstić information content (AvgIpc) is 2.84. The topological polar surface area (TPSA) is 52.1 Å². The van der Waals surface area contributed by atoms with Gasteiger partial charge in [-0.05, 0) is 35.2 Å². The van der Waals surface area contributed by atoms with Crippen molar-refractivity contribution in [2.24, 2.45) is 4.99 Å². The maximum atomic E-state index is 13.5. The predicted molar refractivity (Wildman–Crippen MR) is 142 cm³/mol. The molecule has 6 nitrogen and oxygen atoms in total. The number of hydrogen-bond donors (Lipinski definition) is 2. The van der Waals surface area contributed by atoms with Crippen LogP contribution in [0.1, 0.15) is 22.7 Å². The van der Waals surface area contributed by atoms with Gasteiger partial charge in [-0.15, -0.1) is 24.0 Å². The molecule has 1 fully saturated rings. The molecule has 1 atom stereocenters. The van der Waals surface area contributed by atoms with E-state index in [0.717, 1.165) is 70.4 Å². The molecule has 0 saturated carbocycles. The van der Waals surface area contributed by atoms with Gasteiger partial charge in [0.25, 0.3) is 0 Å². The highest BCUT2D eigenvalue weighted by molar-refractivity contribution is 14.0. The van der Waals surface area contributed by atoms with Crippen molar-refractivity contribution in [2.45, 2.75) is 19.0 Å². The van der Waals surface area contributed by atoms with Crippen molar-refractivity contribution in [3.8, 4) is 0 Å². The summed E-state index contributed by atoms with van der Waals surface area (Å²) in [6, 6.07) is 15.7. The number of halogens is 2. The number of guanidine groups is 1. The van der Waals surface area contributed by atoms with E-state index >= 15 is 0 Å². The van der Waals surface area contributed by atoms with Crippen molar-refractivity contribution in [1.82, 2.24) is 20.4 Å². The second-order valence-electron chi connectivity index (χ2n) is 8.39. The fraction of sp³-hybridized carbons (Fsp3) is 0.480. The molecule has 0 bridgehead atoms. The summed E-state index contributed by atoms with van der Waals surface area (Å²) in [6.07, 6.45) is 1.11. The molecule has 2 aromatic carbocycles. The predicted octanol–water partition coefficient (Wildman–Crippen LogP) is 3.04. The minimum absolute atomic E-state index is 0. The number of benzene rings is 2. The lowest BCUT2D eigenvalue weighted by Gasteiger charge is -2.35. The zero-order valence-corrected chi connectivity index (χ0v) is 21.6. The molecule has 2 aliphatic heterocycles. The van der Waals surface area contributed by atoms with Gasteiger partial charge in [-0.25, -0.2) is 4.39 Å². The molecule has 0 radical (unpaired) electrons. The van der Waals surface area contributed by atoms with Crippen LogP contribution in [-0.4, -0.2) is 75.3 Å². The van der Waals surface area contributed by atoms with Crippen LogP contribution in [0.25, 0.3) is 0 Å². The number of fused-ring (bicyclic) bond motifs is 1. The molecule has 2 N–H and O–H groups in total. The fourth-order valence-electron chi connectivity index (χ4n) is 4.52. The first-order valence-electron chi connectivity index (χ1n) is 11.5. The molecule has 2 heterocycles. The molecule has 8 heteroatoms. The molecule has 0 aromatic heterocycles. The second-order valence-corrected chi connectivity index (χ2v) is 8.39. The van der Waals surface area contributed by atoms with Gasteiger partial charge in [-0.2, -0.15) is 0 Å². The SMILES string of the molecule is CN=C(NCCN1CCc2ccccc2C1)NCC(c1ccc(F)cc1)N1CCOCC1.I. The van der Waals surface area contributed by atoms with E-state index in [1.807, 2.05) is 12.1 Å². The maximum Gasteiger partial charge on any atom is 0.191 e. The molecule has 1 saturated heterocycles. The van der Waals surface area contributed by atoms with Crippen molar-refractivity contribution >= 4 is 29.9 Å². The van der Waals surface area contributed by atoms with E-state index in [0.29, 0.717) is 6.54 Å². The standard InChI is InChI=1S/C25H34FN5O.HI/c1-27-25(28-11-13-30-12-10-20-4-2-3-5-22(20)19-30)29-18-24(31-14-16-32-17-15-31)21-6-8-23(26)9-7-21;/h2-9,24H,10-19H2,1H3,(H2,27,28,29);1H. The summed E-state index contributed by atoms with van der Waals surface area (Å²) < 4.78 is 19.0. The Kier molecular flexibility index (Phi) is 10.4. The largest absolute Gasteiger partial charge is 0.379 e.